The topological polar surface area (TPSA) is 30.7 Å². The van der Waals surface area contributed by atoms with Crippen molar-refractivity contribution in [3.8, 4) is 0 Å². The lowest BCUT2D eigenvalue weighted by atomic mass is 10.3. The molecule has 1 unspecified atom stereocenters. The van der Waals surface area contributed by atoms with Gasteiger partial charge in [-0.2, -0.15) is 0 Å². The van der Waals surface area contributed by atoms with Crippen LogP contribution in [0.1, 0.15) is 34.3 Å². The third-order valence-electron chi connectivity index (χ3n) is 3.39. The van der Waals surface area contributed by atoms with Gasteiger partial charge in [-0.1, -0.05) is 0 Å². The first-order valence-electron chi connectivity index (χ1n) is 6.57. The molecule has 5 heteroatoms. The van der Waals surface area contributed by atoms with Gasteiger partial charge in [0, 0.05) is 10.6 Å². The standard InChI is InChI=1S/C15H16ClN3S/c1-9-6-7-20-13(9)8-19-14(11(3)16)18-12-5-4-10(2)17-15(12)19/h4-7,11H,8H2,1-3H3. The summed E-state index contributed by atoms with van der Waals surface area (Å²) in [6.45, 7) is 6.86. The number of nitrogens with zero attached hydrogens (tertiary/aromatic N) is 3. The summed E-state index contributed by atoms with van der Waals surface area (Å²) in [6, 6.07) is 6.14. The van der Waals surface area contributed by atoms with Crippen molar-refractivity contribution in [1.82, 2.24) is 14.5 Å². The number of aryl methyl sites for hydroxylation is 2. The van der Waals surface area contributed by atoms with Crippen LogP contribution in [0.15, 0.2) is 23.6 Å². The highest BCUT2D eigenvalue weighted by molar-refractivity contribution is 7.10. The summed E-state index contributed by atoms with van der Waals surface area (Å²) in [6.07, 6.45) is 0. The Balaban J connectivity index is 2.18. The molecule has 0 aromatic carbocycles. The first-order valence-corrected chi connectivity index (χ1v) is 7.88. The van der Waals surface area contributed by atoms with Crippen molar-refractivity contribution in [2.24, 2.45) is 0 Å². The van der Waals surface area contributed by atoms with E-state index in [0.717, 1.165) is 29.2 Å². The molecule has 0 aliphatic rings. The molecule has 0 radical (unpaired) electrons. The Morgan fingerprint density at radius 3 is 2.70 bits per heavy atom. The zero-order chi connectivity index (χ0) is 14.3. The van der Waals surface area contributed by atoms with Crippen LogP contribution in [0.3, 0.4) is 0 Å². The van der Waals surface area contributed by atoms with Gasteiger partial charge in [0.25, 0.3) is 0 Å². The average molecular weight is 306 g/mol. The van der Waals surface area contributed by atoms with Crippen LogP contribution in [-0.4, -0.2) is 14.5 Å². The molecule has 3 aromatic heterocycles. The SMILES string of the molecule is Cc1ccc2nc(C(C)Cl)n(Cc3sccc3C)c2n1. The molecular weight excluding hydrogens is 290 g/mol. The van der Waals surface area contributed by atoms with Gasteiger partial charge in [0.2, 0.25) is 0 Å². The second kappa shape index (κ2) is 5.19. The van der Waals surface area contributed by atoms with E-state index >= 15 is 0 Å². The van der Waals surface area contributed by atoms with Crippen LogP contribution >= 0.6 is 22.9 Å². The molecule has 0 saturated carbocycles. The monoisotopic (exact) mass is 305 g/mol. The molecule has 0 fully saturated rings. The minimum absolute atomic E-state index is 0.134. The number of halogens is 1. The summed E-state index contributed by atoms with van der Waals surface area (Å²) >= 11 is 8.05. The Morgan fingerprint density at radius 1 is 1.25 bits per heavy atom. The lowest BCUT2D eigenvalue weighted by Gasteiger charge is -2.09. The van der Waals surface area contributed by atoms with E-state index in [1.807, 2.05) is 26.0 Å². The number of hydrogen-bond donors (Lipinski definition) is 0. The maximum Gasteiger partial charge on any atom is 0.160 e. The summed E-state index contributed by atoms with van der Waals surface area (Å²) in [4.78, 5) is 10.6. The van der Waals surface area contributed by atoms with Crippen molar-refractivity contribution in [1.29, 1.82) is 0 Å². The first kappa shape index (κ1) is 13.6. The fourth-order valence-electron chi connectivity index (χ4n) is 2.28. The Morgan fingerprint density at radius 2 is 2.05 bits per heavy atom. The minimum Gasteiger partial charge on any atom is -0.306 e. The van der Waals surface area contributed by atoms with Crippen LogP contribution in [0.2, 0.25) is 0 Å². The van der Waals surface area contributed by atoms with E-state index in [1.165, 1.54) is 10.4 Å². The first-order chi connectivity index (χ1) is 9.56. The van der Waals surface area contributed by atoms with Gasteiger partial charge in [0.15, 0.2) is 5.65 Å². The molecule has 3 heterocycles. The van der Waals surface area contributed by atoms with Crippen LogP contribution in [0.4, 0.5) is 0 Å². The normalized spacial score (nSPS) is 13.0. The highest BCUT2D eigenvalue weighted by atomic mass is 35.5. The van der Waals surface area contributed by atoms with Gasteiger partial charge in [-0.25, -0.2) is 9.97 Å². The minimum atomic E-state index is -0.134. The number of hydrogen-bond acceptors (Lipinski definition) is 3. The molecule has 0 spiro atoms. The fourth-order valence-corrected chi connectivity index (χ4v) is 3.34. The van der Waals surface area contributed by atoms with Crippen molar-refractivity contribution in [2.45, 2.75) is 32.7 Å². The highest BCUT2D eigenvalue weighted by Crippen LogP contribution is 2.26. The molecule has 3 nitrogen and oxygen atoms in total. The van der Waals surface area contributed by atoms with Gasteiger partial charge < -0.3 is 4.57 Å². The van der Waals surface area contributed by atoms with Gasteiger partial charge >= 0.3 is 0 Å². The molecule has 0 aliphatic heterocycles. The summed E-state index contributed by atoms with van der Waals surface area (Å²) in [7, 11) is 0. The Bertz CT molecular complexity index is 758. The maximum atomic E-state index is 6.29. The maximum absolute atomic E-state index is 6.29. The average Bonchev–Trinajstić information content (AvgIpc) is 2.95. The van der Waals surface area contributed by atoms with E-state index in [4.69, 9.17) is 11.6 Å². The molecule has 104 valence electrons. The predicted molar refractivity (Wildman–Crippen MR) is 84.7 cm³/mol. The smallest absolute Gasteiger partial charge is 0.160 e. The summed E-state index contributed by atoms with van der Waals surface area (Å²) in [5.74, 6) is 0.882. The van der Waals surface area contributed by atoms with E-state index in [-0.39, 0.29) is 5.38 Å². The molecular formula is C15H16ClN3S. The number of alkyl halides is 1. The van der Waals surface area contributed by atoms with Gasteiger partial charge in [-0.15, -0.1) is 22.9 Å². The van der Waals surface area contributed by atoms with Crippen molar-refractivity contribution >= 4 is 34.1 Å². The Hall–Kier alpha value is -1.39. The molecule has 0 aliphatic carbocycles. The molecule has 1 atom stereocenters. The molecule has 0 amide bonds. The molecule has 0 saturated heterocycles. The summed E-state index contributed by atoms with van der Waals surface area (Å²) < 4.78 is 2.14. The summed E-state index contributed by atoms with van der Waals surface area (Å²) in [5, 5.41) is 1.98. The number of fused-ring (bicyclic) bond motifs is 1. The van der Waals surface area contributed by atoms with Crippen LogP contribution in [-0.2, 0) is 6.54 Å². The van der Waals surface area contributed by atoms with E-state index in [9.17, 15) is 0 Å². The van der Waals surface area contributed by atoms with Crippen molar-refractivity contribution in [2.75, 3.05) is 0 Å². The molecule has 3 aromatic rings. The van der Waals surface area contributed by atoms with Gasteiger partial charge in [-0.3, -0.25) is 0 Å². The second-order valence-electron chi connectivity index (χ2n) is 4.99. The van der Waals surface area contributed by atoms with Gasteiger partial charge in [0.1, 0.15) is 11.3 Å². The lowest BCUT2D eigenvalue weighted by Crippen LogP contribution is -2.06. The number of pyridine rings is 1. The number of thiophene rings is 1. The van der Waals surface area contributed by atoms with Crippen LogP contribution in [0, 0.1) is 13.8 Å². The number of rotatable bonds is 3. The van der Waals surface area contributed by atoms with E-state index < -0.39 is 0 Å². The zero-order valence-electron chi connectivity index (χ0n) is 11.7. The predicted octanol–water partition coefficient (Wildman–Crippen LogP) is 4.46. The van der Waals surface area contributed by atoms with Gasteiger partial charge in [0.05, 0.1) is 11.9 Å². The second-order valence-corrected chi connectivity index (χ2v) is 6.65. The molecule has 20 heavy (non-hydrogen) atoms. The molecule has 3 rings (SSSR count). The third-order valence-corrected chi connectivity index (χ3v) is 4.59. The third kappa shape index (κ3) is 2.34. The fraction of sp³-hybridized carbons (Fsp3) is 0.333. The largest absolute Gasteiger partial charge is 0.306 e. The van der Waals surface area contributed by atoms with Crippen LogP contribution < -0.4 is 0 Å². The molecule has 0 bridgehead atoms. The Kier molecular flexibility index (Phi) is 3.52. The zero-order valence-corrected chi connectivity index (χ0v) is 13.3. The molecule has 0 N–H and O–H groups in total. The number of aromatic nitrogens is 3. The highest BCUT2D eigenvalue weighted by Gasteiger charge is 2.17. The Labute approximate surface area is 127 Å². The lowest BCUT2D eigenvalue weighted by molar-refractivity contribution is 0.741. The van der Waals surface area contributed by atoms with Crippen LogP contribution in [0.25, 0.3) is 11.2 Å². The van der Waals surface area contributed by atoms with E-state index in [2.05, 4.69) is 32.9 Å². The van der Waals surface area contributed by atoms with Crippen molar-refractivity contribution in [3.05, 3.63) is 45.5 Å². The number of imidazole rings is 1. The van der Waals surface area contributed by atoms with Crippen molar-refractivity contribution < 1.29 is 0 Å². The van der Waals surface area contributed by atoms with Crippen molar-refractivity contribution in [3.63, 3.8) is 0 Å². The van der Waals surface area contributed by atoms with Crippen LogP contribution in [0.5, 0.6) is 0 Å². The summed E-state index contributed by atoms with van der Waals surface area (Å²) in [5.41, 5.74) is 4.13. The van der Waals surface area contributed by atoms with Gasteiger partial charge in [-0.05, 0) is 49.9 Å². The van der Waals surface area contributed by atoms with E-state index in [1.54, 1.807) is 11.3 Å². The van der Waals surface area contributed by atoms with E-state index in [0.29, 0.717) is 0 Å². The quantitative estimate of drug-likeness (QED) is 0.669.